The highest BCUT2D eigenvalue weighted by atomic mass is 19.4. The van der Waals surface area contributed by atoms with Crippen molar-refractivity contribution in [3.05, 3.63) is 52.1 Å². The van der Waals surface area contributed by atoms with Crippen molar-refractivity contribution in [3.63, 3.8) is 0 Å². The van der Waals surface area contributed by atoms with E-state index < -0.39 is 374 Å². The Morgan fingerprint density at radius 2 is 0.844 bits per heavy atom. The second-order valence-corrected chi connectivity index (χ2v) is 28.2. The number of amides is 8. The molecular weight excluding hydrogens is 1650 g/mol. The lowest BCUT2D eigenvalue weighted by molar-refractivity contribution is -0.170. The number of carbonyl (C=O) groups is 15. The summed E-state index contributed by atoms with van der Waals surface area (Å²) < 4.78 is 42.0. The zero-order valence-corrected chi connectivity index (χ0v) is 65.1. The Balaban J connectivity index is 2.10. The van der Waals surface area contributed by atoms with Gasteiger partial charge in [0.1, 0.15) is 72.8 Å². The lowest BCUT2D eigenvalue weighted by Crippen LogP contribution is -2.50. The minimum atomic E-state index is -5.54. The lowest BCUT2D eigenvalue weighted by atomic mass is 9.89. The van der Waals surface area contributed by atoms with Crippen molar-refractivity contribution in [2.24, 2.45) is 17.8 Å². The Hall–Kier alpha value is -10.9. The summed E-state index contributed by atoms with van der Waals surface area (Å²) in [6, 6.07) is -4.44. The van der Waals surface area contributed by atoms with Gasteiger partial charge in [-0.2, -0.15) is 18.2 Å². The Kier molecular flexibility index (Phi) is 44.1. The Labute approximate surface area is 688 Å². The molecule has 0 spiro atoms. The molecular formula is C71H102F3N13O35. The van der Waals surface area contributed by atoms with Crippen molar-refractivity contribution in [1.82, 2.24) is 57.2 Å². The number of aliphatic hydroxyl groups excluding tert-OH is 15. The highest BCUT2D eigenvalue weighted by molar-refractivity contribution is 6.01. The van der Waals surface area contributed by atoms with E-state index in [1.807, 2.05) is 0 Å². The number of carbonyl (C=O) groups excluding carboxylic acids is 11. The minimum Gasteiger partial charge on any atom is -0.481 e. The van der Waals surface area contributed by atoms with E-state index in [9.17, 15) is 182 Å². The van der Waals surface area contributed by atoms with Crippen molar-refractivity contribution >= 4 is 111 Å². The summed E-state index contributed by atoms with van der Waals surface area (Å²) in [5.74, 6) is -27.4. The van der Waals surface area contributed by atoms with E-state index in [0.717, 1.165) is 30.5 Å². The fourth-order valence-electron chi connectivity index (χ4n) is 11.6. The zero-order valence-electron chi connectivity index (χ0n) is 65.1. The first-order valence-corrected chi connectivity index (χ1v) is 37.6. The van der Waals surface area contributed by atoms with Gasteiger partial charge in [0.05, 0.1) is 68.7 Å². The highest BCUT2D eigenvalue weighted by Gasteiger charge is 2.44. The van der Waals surface area contributed by atoms with Gasteiger partial charge in [-0.3, -0.25) is 77.0 Å². The Morgan fingerprint density at radius 3 is 1.20 bits per heavy atom. The van der Waals surface area contributed by atoms with Crippen molar-refractivity contribution in [2.75, 3.05) is 50.1 Å². The van der Waals surface area contributed by atoms with Gasteiger partial charge in [-0.1, -0.05) is 6.92 Å². The van der Waals surface area contributed by atoms with Crippen LogP contribution in [0.25, 0.3) is 11.2 Å². The van der Waals surface area contributed by atoms with E-state index in [2.05, 4.69) is 57.2 Å². The average molecular weight is 1750 g/mol. The molecule has 0 unspecified atom stereocenters. The first-order chi connectivity index (χ1) is 57.1. The maximum absolute atomic E-state index is 14.8. The number of benzene rings is 1. The monoisotopic (exact) mass is 1750 g/mol. The van der Waals surface area contributed by atoms with Gasteiger partial charge in [0.2, 0.25) is 41.4 Å². The number of alkyl halides is 3. The van der Waals surface area contributed by atoms with Crippen molar-refractivity contribution < 1.29 is 182 Å². The third kappa shape index (κ3) is 34.9. The second kappa shape index (κ2) is 51.1. The molecule has 29 N–H and O–H groups in total. The number of H-pyrrole nitrogens is 1. The summed E-state index contributed by atoms with van der Waals surface area (Å²) in [5, 5.41) is 204. The molecule has 51 heteroatoms. The third-order valence-corrected chi connectivity index (χ3v) is 18.9. The average Bonchev–Trinajstić information content (AvgIpc) is 0.795. The maximum Gasteiger partial charge on any atom is 0.471 e. The SMILES string of the molecule is CC[C@@H](NC(=O)[C@H](CCC(=O)NC[C@H](O)[C@@H](O)[C@H](O)[C@H](O)CO)CC(=O)[C@@H](CCC(=O)O)NC(=O)[C@H](CCC(=O)NC[C@H](O)[C@@H](O)[C@H](O)[C@H](O)CO)CC(=O)[C@@H](CCC(=O)O)NC(=O)[C@H](CCC(=O)NC[C@H](O)[C@@H](O)[C@H](O)[C@H](O)CO)CC(=O)CC[C@@H](NC(=O)c1ccc(N(Cc2cnc3nc(N)[nH]c(=O)c3n2)C(=O)C(F)(F)F)cc1)C(=O)O)C(=O)O. The maximum atomic E-state index is 14.8. The molecule has 122 heavy (non-hydrogen) atoms. The number of nitrogen functional groups attached to an aromatic ring is 1. The summed E-state index contributed by atoms with van der Waals surface area (Å²) in [6.45, 7) is -5.66. The van der Waals surface area contributed by atoms with Crippen LogP contribution in [0.2, 0.25) is 0 Å². The number of anilines is 2. The number of nitrogens with two attached hydrogens (primary N) is 1. The predicted octanol–water partition coefficient (Wildman–Crippen LogP) is -10.2. The smallest absolute Gasteiger partial charge is 0.471 e. The van der Waals surface area contributed by atoms with Crippen LogP contribution in [-0.2, 0) is 73.7 Å². The van der Waals surface area contributed by atoms with Crippen LogP contribution in [-0.4, -0.2) is 348 Å². The molecule has 3 aromatic rings. The van der Waals surface area contributed by atoms with E-state index >= 15 is 0 Å². The number of hydrogen-bond donors (Lipinski definition) is 28. The normalized spacial score (nSPS) is 16.3. The quantitative estimate of drug-likeness (QED) is 0.0249. The molecule has 19 atom stereocenters. The summed E-state index contributed by atoms with van der Waals surface area (Å²) in [5.41, 5.74) is 2.42. The van der Waals surface area contributed by atoms with Gasteiger partial charge in [-0.05, 0) is 69.2 Å². The fourth-order valence-corrected chi connectivity index (χ4v) is 11.6. The molecule has 3 rings (SSSR count). The molecule has 0 radical (unpaired) electrons. The zero-order chi connectivity index (χ0) is 92.3. The second-order valence-electron chi connectivity index (χ2n) is 28.2. The number of ketones is 3. The van der Waals surface area contributed by atoms with E-state index in [1.165, 1.54) is 6.92 Å². The Bertz CT molecular complexity index is 4130. The lowest BCUT2D eigenvalue weighted by Gasteiger charge is -2.26. The molecule has 0 aliphatic carbocycles. The van der Waals surface area contributed by atoms with E-state index in [1.54, 1.807) is 0 Å². The van der Waals surface area contributed by atoms with Crippen molar-refractivity contribution in [2.45, 2.75) is 220 Å². The van der Waals surface area contributed by atoms with Gasteiger partial charge in [-0.15, -0.1) is 0 Å². The van der Waals surface area contributed by atoms with Gasteiger partial charge in [0.25, 0.3) is 11.5 Å². The van der Waals surface area contributed by atoms with Crippen LogP contribution < -0.4 is 53.4 Å². The molecule has 0 aliphatic heterocycles. The number of Topliss-reactive ketones (excluding diaryl/α,β-unsaturated/α-hetero) is 3. The summed E-state index contributed by atoms with van der Waals surface area (Å²) >= 11 is 0. The summed E-state index contributed by atoms with van der Waals surface area (Å²) in [7, 11) is 0. The van der Waals surface area contributed by atoms with Crippen LogP contribution in [0.3, 0.4) is 0 Å². The van der Waals surface area contributed by atoms with E-state index in [4.69, 9.17) is 10.8 Å². The topological polar surface area (TPSA) is 825 Å². The molecule has 8 amide bonds. The number of aromatic amines is 1. The number of carboxylic acids is 4. The predicted molar refractivity (Wildman–Crippen MR) is 401 cm³/mol. The van der Waals surface area contributed by atoms with Crippen molar-refractivity contribution in [1.29, 1.82) is 0 Å². The number of aliphatic hydroxyl groups is 15. The van der Waals surface area contributed by atoms with E-state index in [0.29, 0.717) is 0 Å². The number of halogens is 3. The minimum absolute atomic E-state index is 0.146. The van der Waals surface area contributed by atoms with Crippen LogP contribution >= 0.6 is 0 Å². The van der Waals surface area contributed by atoms with Crippen molar-refractivity contribution in [3.8, 4) is 0 Å². The van der Waals surface area contributed by atoms with Gasteiger partial charge in [-0.25, -0.2) is 19.6 Å². The number of nitrogens with one attached hydrogen (secondary N) is 8. The summed E-state index contributed by atoms with van der Waals surface area (Å²) in [6.07, 6.45) is -44.0. The molecule has 0 saturated carbocycles. The van der Waals surface area contributed by atoms with Crippen LogP contribution in [0.15, 0.2) is 35.3 Å². The van der Waals surface area contributed by atoms with E-state index in [-0.39, 0.29) is 28.6 Å². The van der Waals surface area contributed by atoms with Crippen LogP contribution in [0.5, 0.6) is 0 Å². The molecule has 682 valence electrons. The number of nitrogens with zero attached hydrogens (tertiary/aromatic N) is 4. The summed E-state index contributed by atoms with van der Waals surface area (Å²) in [4.78, 5) is 228. The number of hydrogen-bond acceptors (Lipinski definition) is 35. The number of aromatic nitrogens is 4. The first-order valence-electron chi connectivity index (χ1n) is 37.6. The van der Waals surface area contributed by atoms with Gasteiger partial charge in [0, 0.05) is 106 Å². The molecule has 48 nitrogen and oxygen atoms in total. The number of carboxylic acid groups (broad SMARTS) is 4. The molecule has 0 aliphatic rings. The van der Waals surface area contributed by atoms with Gasteiger partial charge >= 0.3 is 36.0 Å². The van der Waals surface area contributed by atoms with Gasteiger partial charge in [0.15, 0.2) is 22.7 Å². The molecule has 0 fully saturated rings. The largest absolute Gasteiger partial charge is 0.481 e. The fraction of sp³-hybridized carbons (Fsp3) is 0.620. The standard InChI is InChI=1S/C71H102F3N13O35/c1-2-37(67(118)119)81-64(115)32(6-15-50(101)77-24-44(95)56(108)59(111)47(98)28-89)20-41(92)39(13-18-53(105)106)83-65(116)33(7-16-51(102)78-25-45(96)57(109)60(112)48(99)29-90)21-42(93)38(12-17-52(103)104)82-63(114)31(5-14-49(100)76-23-43(94)55(107)58(110)46(97)27-88)19-36(91)10-11-40(68(120)121)84-62(113)30-3-8-35(9-4-30)87(69(122)71(72,73)74)26-34-22-79-61-54(80-34)66(117)86-70(75)85-61/h3-4,8-9,22,31-33,37-40,43-48,55-60,88-90,94-99,107-112H,2,5-7,10-21,23-29H2,1H3,(H,76,100)(H,77,101)(H,78,102)(H,81,115)(H,82,114)(H,83,116)(H,84,113)(H,103,104)(H,105,106)(H,118,119)(H,120,121)(H3,75,79,85,86,117)/t31-,32-,33-,37-,38-,39-,40-,43+,44+,45+,46-,47-,48-,55-,56-,57-,58-,59-,60-/m1/s1. The third-order valence-electron chi connectivity index (χ3n) is 18.9. The molecule has 1 aromatic carbocycles. The molecule has 2 heterocycles. The van der Waals surface area contributed by atoms with Crippen LogP contribution in [0, 0.1) is 17.8 Å². The highest BCUT2D eigenvalue weighted by Crippen LogP contribution is 2.28. The molecule has 0 bridgehead atoms. The number of fused-ring (bicyclic) bond motifs is 1. The van der Waals surface area contributed by atoms with Gasteiger partial charge < -0.3 is 140 Å². The number of rotatable bonds is 58. The molecule has 0 saturated heterocycles. The Morgan fingerprint density at radius 1 is 0.475 bits per heavy atom. The molecule has 2 aromatic heterocycles. The number of aliphatic carboxylic acids is 4. The van der Waals surface area contributed by atoms with Crippen LogP contribution in [0.4, 0.5) is 24.8 Å². The van der Waals surface area contributed by atoms with Crippen LogP contribution in [0.1, 0.15) is 126 Å². The first kappa shape index (κ1) is 105.